The van der Waals surface area contributed by atoms with Crippen LogP contribution in [0.1, 0.15) is 63.4 Å². The number of amides is 2. The van der Waals surface area contributed by atoms with Crippen LogP contribution in [0.5, 0.6) is 0 Å². The molecule has 0 bridgehead atoms. The van der Waals surface area contributed by atoms with E-state index in [0.717, 1.165) is 5.56 Å². The standard InChI is InChI=1S/C28H35ClN4O5/c1-27(2,3)37-26(35)32-16-8-9-20(17-32)33(24-21(29)10-7-15-30-24)25(34)19-13-11-18(12-14-19)22-23(36-6)28(4,5)38-31-22/h7,10-15,20,23H,8-9,16-17H2,1-6H3/t20-,23?/m1/s1. The maximum absolute atomic E-state index is 14.0. The Balaban J connectivity index is 1.62. The smallest absolute Gasteiger partial charge is 0.410 e. The molecule has 0 aliphatic carbocycles. The van der Waals surface area contributed by atoms with Gasteiger partial charge in [0.2, 0.25) is 0 Å². The molecule has 2 atom stereocenters. The van der Waals surface area contributed by atoms with Gasteiger partial charge in [-0.05, 0) is 71.7 Å². The summed E-state index contributed by atoms with van der Waals surface area (Å²) in [7, 11) is 1.62. The quantitative estimate of drug-likeness (QED) is 0.508. The van der Waals surface area contributed by atoms with Crippen molar-refractivity contribution in [2.24, 2.45) is 5.16 Å². The Bertz CT molecular complexity index is 1210. The molecule has 0 spiro atoms. The van der Waals surface area contributed by atoms with Crippen molar-refractivity contribution in [3.05, 3.63) is 58.7 Å². The second-order valence-corrected chi connectivity index (χ2v) is 11.5. The van der Waals surface area contributed by atoms with Gasteiger partial charge in [-0.1, -0.05) is 28.9 Å². The van der Waals surface area contributed by atoms with Crippen molar-refractivity contribution in [2.75, 3.05) is 25.1 Å². The zero-order chi connectivity index (χ0) is 27.7. The molecule has 1 unspecified atom stereocenters. The summed E-state index contributed by atoms with van der Waals surface area (Å²) in [6.07, 6.45) is 2.26. The van der Waals surface area contributed by atoms with Crippen LogP contribution in [0.15, 0.2) is 47.8 Å². The summed E-state index contributed by atoms with van der Waals surface area (Å²) in [5, 5.41) is 4.58. The predicted molar refractivity (Wildman–Crippen MR) is 146 cm³/mol. The van der Waals surface area contributed by atoms with Gasteiger partial charge >= 0.3 is 6.09 Å². The highest BCUT2D eigenvalue weighted by molar-refractivity contribution is 6.33. The third-order valence-electron chi connectivity index (χ3n) is 6.52. The van der Waals surface area contributed by atoms with Gasteiger partial charge in [0.25, 0.3) is 5.91 Å². The lowest BCUT2D eigenvalue weighted by atomic mass is 9.93. The minimum Gasteiger partial charge on any atom is -0.444 e. The topological polar surface area (TPSA) is 93.6 Å². The summed E-state index contributed by atoms with van der Waals surface area (Å²) in [5.74, 6) is 0.0930. The van der Waals surface area contributed by atoms with Gasteiger partial charge in [-0.3, -0.25) is 9.69 Å². The molecule has 0 N–H and O–H groups in total. The van der Waals surface area contributed by atoms with Crippen molar-refractivity contribution < 1.29 is 23.9 Å². The Morgan fingerprint density at radius 3 is 2.53 bits per heavy atom. The van der Waals surface area contributed by atoms with Crippen molar-refractivity contribution in [3.8, 4) is 0 Å². The minimum atomic E-state index is -0.614. The molecule has 0 radical (unpaired) electrons. The van der Waals surface area contributed by atoms with Crippen LogP contribution >= 0.6 is 11.6 Å². The number of anilines is 1. The largest absolute Gasteiger partial charge is 0.444 e. The molecule has 2 aliphatic heterocycles. The fourth-order valence-corrected chi connectivity index (χ4v) is 4.97. The first-order chi connectivity index (χ1) is 17.9. The third kappa shape index (κ3) is 5.94. The van der Waals surface area contributed by atoms with Gasteiger partial charge in [0.15, 0.2) is 11.4 Å². The maximum atomic E-state index is 14.0. The number of carbonyl (C=O) groups is 2. The number of methoxy groups -OCH3 is 1. The fourth-order valence-electron chi connectivity index (χ4n) is 4.76. The van der Waals surface area contributed by atoms with E-state index in [4.69, 9.17) is 25.9 Å². The average Bonchev–Trinajstić information content (AvgIpc) is 3.18. The van der Waals surface area contributed by atoms with Crippen LogP contribution < -0.4 is 4.90 Å². The van der Waals surface area contributed by atoms with Gasteiger partial charge in [-0.15, -0.1) is 0 Å². The number of hydrogen-bond acceptors (Lipinski definition) is 7. The van der Waals surface area contributed by atoms with Gasteiger partial charge in [-0.25, -0.2) is 9.78 Å². The average molecular weight is 543 g/mol. The van der Waals surface area contributed by atoms with E-state index >= 15 is 0 Å². The Morgan fingerprint density at radius 1 is 1.18 bits per heavy atom. The van der Waals surface area contributed by atoms with Crippen molar-refractivity contribution in [2.45, 2.75) is 70.8 Å². The molecule has 38 heavy (non-hydrogen) atoms. The molecule has 4 rings (SSSR count). The van der Waals surface area contributed by atoms with Gasteiger partial charge in [0.1, 0.15) is 17.4 Å². The number of rotatable bonds is 5. The number of pyridine rings is 1. The lowest BCUT2D eigenvalue weighted by molar-refractivity contribution is -0.0614. The number of hydrogen-bond donors (Lipinski definition) is 0. The molecule has 9 nitrogen and oxygen atoms in total. The number of benzene rings is 1. The van der Waals surface area contributed by atoms with Crippen LogP contribution in [0.2, 0.25) is 5.02 Å². The predicted octanol–water partition coefficient (Wildman–Crippen LogP) is 5.31. The second-order valence-electron chi connectivity index (χ2n) is 11.1. The number of likely N-dealkylation sites (tertiary alicyclic amines) is 1. The first-order valence-corrected chi connectivity index (χ1v) is 13.1. The Labute approximate surface area is 228 Å². The number of nitrogens with zero attached hydrogens (tertiary/aromatic N) is 4. The van der Waals surface area contributed by atoms with E-state index in [0.29, 0.717) is 48.0 Å². The maximum Gasteiger partial charge on any atom is 0.410 e. The molecular weight excluding hydrogens is 508 g/mol. The van der Waals surface area contributed by atoms with Crippen molar-refractivity contribution in [1.82, 2.24) is 9.88 Å². The zero-order valence-corrected chi connectivity index (χ0v) is 23.5. The van der Waals surface area contributed by atoms with Crippen LogP contribution in [0, 0.1) is 0 Å². The summed E-state index contributed by atoms with van der Waals surface area (Å²) < 4.78 is 11.2. The summed E-state index contributed by atoms with van der Waals surface area (Å²) in [6, 6.07) is 10.2. The third-order valence-corrected chi connectivity index (χ3v) is 6.82. The number of halogens is 1. The molecule has 1 aromatic heterocycles. The summed E-state index contributed by atoms with van der Waals surface area (Å²) in [6.45, 7) is 10.2. The number of carbonyl (C=O) groups excluding carboxylic acids is 2. The van der Waals surface area contributed by atoms with Crippen molar-refractivity contribution in [3.63, 3.8) is 0 Å². The summed E-state index contributed by atoms with van der Waals surface area (Å²) in [5.41, 5.74) is 0.720. The number of ether oxygens (including phenoxy) is 2. The van der Waals surface area contributed by atoms with E-state index in [9.17, 15) is 9.59 Å². The van der Waals surface area contributed by atoms with E-state index < -0.39 is 17.3 Å². The molecule has 3 heterocycles. The van der Waals surface area contributed by atoms with Crippen molar-refractivity contribution in [1.29, 1.82) is 0 Å². The monoisotopic (exact) mass is 542 g/mol. The van der Waals surface area contributed by atoms with Crippen LogP contribution in [-0.2, 0) is 14.3 Å². The molecular formula is C28H35ClN4O5. The van der Waals surface area contributed by atoms with Crippen LogP contribution in [-0.4, -0.2) is 71.1 Å². The molecule has 1 saturated heterocycles. The zero-order valence-electron chi connectivity index (χ0n) is 22.7. The molecule has 204 valence electrons. The van der Waals surface area contributed by atoms with Gasteiger partial charge in [0.05, 0.1) is 11.1 Å². The van der Waals surface area contributed by atoms with Gasteiger partial charge in [0, 0.05) is 37.5 Å². The van der Waals surface area contributed by atoms with E-state index in [2.05, 4.69) is 10.1 Å². The normalized spacial score (nSPS) is 20.9. The Hall–Kier alpha value is -3.17. The highest BCUT2D eigenvalue weighted by Gasteiger charge is 2.42. The lowest BCUT2D eigenvalue weighted by Gasteiger charge is -2.39. The first kappa shape index (κ1) is 27.9. The molecule has 2 aromatic rings. The highest BCUT2D eigenvalue weighted by Crippen LogP contribution is 2.31. The lowest BCUT2D eigenvalue weighted by Crippen LogP contribution is -2.53. The van der Waals surface area contributed by atoms with Crippen LogP contribution in [0.3, 0.4) is 0 Å². The number of piperidine rings is 1. The van der Waals surface area contributed by atoms with Gasteiger partial charge in [-0.2, -0.15) is 0 Å². The van der Waals surface area contributed by atoms with E-state index in [1.54, 1.807) is 47.4 Å². The van der Waals surface area contributed by atoms with E-state index in [1.165, 1.54) is 0 Å². The Morgan fingerprint density at radius 2 is 1.89 bits per heavy atom. The molecule has 1 aromatic carbocycles. The summed E-state index contributed by atoms with van der Waals surface area (Å²) in [4.78, 5) is 40.0. The van der Waals surface area contributed by atoms with Crippen LogP contribution in [0.4, 0.5) is 10.6 Å². The Kier molecular flexibility index (Phi) is 7.99. The SMILES string of the molecule is COC1C(c2ccc(C(=O)N(c3ncccc3Cl)[C@@H]3CCCN(C(=O)OC(C)(C)C)C3)cc2)=NOC1(C)C. The minimum absolute atomic E-state index is 0.263. The molecule has 2 aliphatic rings. The molecule has 2 amide bonds. The second kappa shape index (κ2) is 10.9. The molecule has 0 saturated carbocycles. The molecule has 10 heteroatoms. The van der Waals surface area contributed by atoms with E-state index in [1.807, 2.05) is 46.8 Å². The van der Waals surface area contributed by atoms with Crippen molar-refractivity contribution >= 4 is 35.1 Å². The van der Waals surface area contributed by atoms with Gasteiger partial charge < -0.3 is 19.2 Å². The number of aromatic nitrogens is 1. The first-order valence-electron chi connectivity index (χ1n) is 12.7. The van der Waals surface area contributed by atoms with Crippen LogP contribution in [0.25, 0.3) is 0 Å². The number of oxime groups is 1. The fraction of sp³-hybridized carbons (Fsp3) is 0.500. The summed E-state index contributed by atoms with van der Waals surface area (Å²) >= 11 is 6.52. The van der Waals surface area contributed by atoms with E-state index in [-0.39, 0.29) is 18.1 Å². The molecule has 1 fully saturated rings. The highest BCUT2D eigenvalue weighted by atomic mass is 35.5.